The largest absolute Gasteiger partial charge is 0.394 e. The molecule has 4 heteroatoms. The minimum atomic E-state index is -0.313. The van der Waals surface area contributed by atoms with Crippen LogP contribution in [0, 0.1) is 11.8 Å². The van der Waals surface area contributed by atoms with Gasteiger partial charge in [-0.15, -0.1) is 0 Å². The van der Waals surface area contributed by atoms with Crippen molar-refractivity contribution in [3.05, 3.63) is 35.9 Å². The number of hydrogen-bond acceptors (Lipinski definition) is 3. The Balaban J connectivity index is 2.00. The smallest absolute Gasteiger partial charge is 0.225 e. The van der Waals surface area contributed by atoms with Crippen LogP contribution in [0.25, 0.3) is 0 Å². The summed E-state index contributed by atoms with van der Waals surface area (Å²) in [6.45, 7) is 3.60. The maximum absolute atomic E-state index is 12.1. The summed E-state index contributed by atoms with van der Waals surface area (Å²) < 4.78 is 0. The van der Waals surface area contributed by atoms with E-state index >= 15 is 0 Å². The van der Waals surface area contributed by atoms with Crippen molar-refractivity contribution in [3.63, 3.8) is 0 Å². The molecule has 1 fully saturated rings. The van der Waals surface area contributed by atoms with E-state index in [0.29, 0.717) is 5.92 Å². The predicted molar refractivity (Wildman–Crippen MR) is 69.9 cm³/mol. The molecular weight excluding hydrogens is 228 g/mol. The lowest BCUT2D eigenvalue weighted by molar-refractivity contribution is -0.126. The maximum Gasteiger partial charge on any atom is 0.225 e. The summed E-state index contributed by atoms with van der Waals surface area (Å²) in [6.07, 6.45) is 0. The standard InChI is InChI=1S/C14H20N2O2/c1-10-7-15-8-12(10)14(18)16-13(9-17)11-5-3-2-4-6-11/h2-6,10,12-13,15,17H,7-9H2,1H3,(H,16,18)/t10?,12?,13-/m1/s1. The van der Waals surface area contributed by atoms with E-state index < -0.39 is 0 Å². The number of nitrogens with one attached hydrogen (secondary N) is 2. The third kappa shape index (κ3) is 2.89. The van der Waals surface area contributed by atoms with Crippen LogP contribution in [0.1, 0.15) is 18.5 Å². The first kappa shape index (κ1) is 13.1. The SMILES string of the molecule is CC1CNCC1C(=O)N[C@H](CO)c1ccccc1. The Labute approximate surface area is 107 Å². The predicted octanol–water partition coefficient (Wildman–Crippen LogP) is 0.692. The highest BCUT2D eigenvalue weighted by Gasteiger charge is 2.30. The van der Waals surface area contributed by atoms with Gasteiger partial charge in [-0.25, -0.2) is 0 Å². The van der Waals surface area contributed by atoms with Crippen LogP contribution in [-0.2, 0) is 4.79 Å². The molecule has 98 valence electrons. The molecule has 0 aromatic heterocycles. The lowest BCUT2D eigenvalue weighted by atomic mass is 9.96. The van der Waals surface area contributed by atoms with Crippen LogP contribution >= 0.6 is 0 Å². The number of carbonyl (C=O) groups excluding carboxylic acids is 1. The van der Waals surface area contributed by atoms with Gasteiger partial charge in [-0.3, -0.25) is 4.79 Å². The van der Waals surface area contributed by atoms with Crippen molar-refractivity contribution >= 4 is 5.91 Å². The van der Waals surface area contributed by atoms with Crippen LogP contribution in [0.15, 0.2) is 30.3 Å². The quantitative estimate of drug-likeness (QED) is 0.735. The second kappa shape index (κ2) is 5.98. The van der Waals surface area contributed by atoms with Gasteiger partial charge >= 0.3 is 0 Å². The van der Waals surface area contributed by atoms with E-state index in [1.54, 1.807) is 0 Å². The zero-order valence-corrected chi connectivity index (χ0v) is 10.6. The van der Waals surface area contributed by atoms with Gasteiger partial charge in [0.2, 0.25) is 5.91 Å². The average Bonchev–Trinajstić information content (AvgIpc) is 2.83. The summed E-state index contributed by atoms with van der Waals surface area (Å²) in [5, 5.41) is 15.5. The zero-order valence-electron chi connectivity index (χ0n) is 10.6. The fraction of sp³-hybridized carbons (Fsp3) is 0.500. The molecule has 1 aliphatic rings. The van der Waals surface area contributed by atoms with E-state index in [9.17, 15) is 9.90 Å². The van der Waals surface area contributed by atoms with Crippen molar-refractivity contribution in [3.8, 4) is 0 Å². The lowest BCUT2D eigenvalue weighted by Gasteiger charge is -2.20. The molecule has 1 heterocycles. The zero-order chi connectivity index (χ0) is 13.0. The van der Waals surface area contributed by atoms with Crippen LogP contribution in [-0.4, -0.2) is 30.7 Å². The molecular formula is C14H20N2O2. The molecule has 3 N–H and O–H groups in total. The van der Waals surface area contributed by atoms with Gasteiger partial charge in [0.15, 0.2) is 0 Å². The summed E-state index contributed by atoms with van der Waals surface area (Å²) in [5.74, 6) is 0.373. The van der Waals surface area contributed by atoms with Crippen LogP contribution in [0.5, 0.6) is 0 Å². The van der Waals surface area contributed by atoms with E-state index in [1.165, 1.54) is 0 Å². The monoisotopic (exact) mass is 248 g/mol. The van der Waals surface area contributed by atoms with Gasteiger partial charge in [-0.1, -0.05) is 37.3 Å². The summed E-state index contributed by atoms with van der Waals surface area (Å²) in [7, 11) is 0. The van der Waals surface area contributed by atoms with E-state index in [2.05, 4.69) is 17.6 Å². The lowest BCUT2D eigenvalue weighted by Crippen LogP contribution is -2.38. The van der Waals surface area contributed by atoms with Gasteiger partial charge in [-0.2, -0.15) is 0 Å². The molecule has 0 spiro atoms. The number of aliphatic hydroxyl groups excluding tert-OH is 1. The molecule has 3 atom stereocenters. The number of benzene rings is 1. The summed E-state index contributed by atoms with van der Waals surface area (Å²) in [4.78, 5) is 12.1. The molecule has 1 aromatic carbocycles. The fourth-order valence-corrected chi connectivity index (χ4v) is 2.36. The van der Waals surface area contributed by atoms with Crippen molar-refractivity contribution in [2.75, 3.05) is 19.7 Å². The molecule has 1 aromatic rings. The van der Waals surface area contributed by atoms with Crippen molar-refractivity contribution in [1.82, 2.24) is 10.6 Å². The minimum Gasteiger partial charge on any atom is -0.394 e. The first-order chi connectivity index (χ1) is 8.72. The highest BCUT2D eigenvalue weighted by molar-refractivity contribution is 5.80. The number of carbonyl (C=O) groups is 1. The van der Waals surface area contributed by atoms with Gasteiger partial charge in [0.05, 0.1) is 18.6 Å². The molecule has 0 radical (unpaired) electrons. The Kier molecular flexibility index (Phi) is 4.33. The van der Waals surface area contributed by atoms with Crippen LogP contribution in [0.3, 0.4) is 0 Å². The van der Waals surface area contributed by atoms with E-state index in [-0.39, 0.29) is 24.5 Å². The van der Waals surface area contributed by atoms with Crippen LogP contribution < -0.4 is 10.6 Å². The number of aliphatic hydroxyl groups is 1. The van der Waals surface area contributed by atoms with E-state index in [4.69, 9.17) is 0 Å². The Morgan fingerprint density at radius 3 is 2.72 bits per heavy atom. The Morgan fingerprint density at radius 2 is 2.17 bits per heavy atom. The second-order valence-electron chi connectivity index (χ2n) is 4.90. The Morgan fingerprint density at radius 1 is 1.44 bits per heavy atom. The number of rotatable bonds is 4. The van der Waals surface area contributed by atoms with Gasteiger partial charge < -0.3 is 15.7 Å². The van der Waals surface area contributed by atoms with Crippen molar-refractivity contribution in [2.24, 2.45) is 11.8 Å². The summed E-state index contributed by atoms with van der Waals surface area (Å²) in [6, 6.07) is 9.25. The van der Waals surface area contributed by atoms with Gasteiger partial charge in [0.1, 0.15) is 0 Å². The molecule has 0 bridgehead atoms. The number of hydrogen-bond donors (Lipinski definition) is 3. The van der Waals surface area contributed by atoms with Gasteiger partial charge in [0.25, 0.3) is 0 Å². The molecule has 0 saturated carbocycles. The molecule has 2 unspecified atom stereocenters. The average molecular weight is 248 g/mol. The minimum absolute atomic E-state index is 0.00256. The fourth-order valence-electron chi connectivity index (χ4n) is 2.36. The topological polar surface area (TPSA) is 61.4 Å². The van der Waals surface area contributed by atoms with Gasteiger partial charge in [-0.05, 0) is 18.0 Å². The van der Waals surface area contributed by atoms with Crippen molar-refractivity contribution in [1.29, 1.82) is 0 Å². The van der Waals surface area contributed by atoms with Crippen molar-refractivity contribution in [2.45, 2.75) is 13.0 Å². The van der Waals surface area contributed by atoms with E-state index in [1.807, 2.05) is 30.3 Å². The summed E-state index contributed by atoms with van der Waals surface area (Å²) >= 11 is 0. The highest BCUT2D eigenvalue weighted by Crippen LogP contribution is 2.18. The summed E-state index contributed by atoms with van der Waals surface area (Å²) in [5.41, 5.74) is 0.937. The third-order valence-electron chi connectivity index (χ3n) is 3.56. The van der Waals surface area contributed by atoms with Crippen LogP contribution in [0.2, 0.25) is 0 Å². The third-order valence-corrected chi connectivity index (χ3v) is 3.56. The molecule has 4 nitrogen and oxygen atoms in total. The molecule has 2 rings (SSSR count). The normalized spacial score (nSPS) is 24.8. The first-order valence-electron chi connectivity index (χ1n) is 6.39. The molecule has 18 heavy (non-hydrogen) atoms. The van der Waals surface area contributed by atoms with Crippen LogP contribution in [0.4, 0.5) is 0 Å². The first-order valence-corrected chi connectivity index (χ1v) is 6.39. The molecule has 1 saturated heterocycles. The Hall–Kier alpha value is -1.39. The number of amides is 1. The molecule has 1 amide bonds. The second-order valence-corrected chi connectivity index (χ2v) is 4.90. The molecule has 0 aliphatic carbocycles. The van der Waals surface area contributed by atoms with E-state index in [0.717, 1.165) is 18.7 Å². The highest BCUT2D eigenvalue weighted by atomic mass is 16.3. The molecule has 1 aliphatic heterocycles. The Bertz CT molecular complexity index is 394. The van der Waals surface area contributed by atoms with Gasteiger partial charge in [0, 0.05) is 6.54 Å². The maximum atomic E-state index is 12.1. The van der Waals surface area contributed by atoms with Crippen molar-refractivity contribution < 1.29 is 9.90 Å².